The Kier molecular flexibility index (Phi) is 5.26. The number of nitrogens with one attached hydrogen (secondary N) is 2. The summed E-state index contributed by atoms with van der Waals surface area (Å²) in [7, 11) is 0. The quantitative estimate of drug-likeness (QED) is 0.357. The number of phenolic OH excluding ortho intramolecular Hbond substituents is 1. The first-order chi connectivity index (χ1) is 13.9. The highest BCUT2D eigenvalue weighted by molar-refractivity contribution is 7.77. The van der Waals surface area contributed by atoms with Crippen molar-refractivity contribution in [3.8, 4) is 16.9 Å². The third-order valence-corrected chi connectivity index (χ3v) is 6.49. The van der Waals surface area contributed by atoms with E-state index in [1.165, 1.54) is 11.3 Å². The van der Waals surface area contributed by atoms with Crippen molar-refractivity contribution in [2.24, 2.45) is 0 Å². The van der Waals surface area contributed by atoms with E-state index < -0.39 is 11.3 Å². The van der Waals surface area contributed by atoms with Gasteiger partial charge in [0.05, 0.1) is 5.52 Å². The van der Waals surface area contributed by atoms with Crippen LogP contribution in [-0.4, -0.2) is 25.4 Å². The number of pyridine rings is 1. The second-order valence-corrected chi connectivity index (χ2v) is 8.78. The van der Waals surface area contributed by atoms with Crippen LogP contribution in [-0.2, 0) is 11.3 Å². The van der Waals surface area contributed by atoms with Crippen molar-refractivity contribution in [3.05, 3.63) is 63.3 Å². The van der Waals surface area contributed by atoms with Gasteiger partial charge in [-0.25, -0.2) is 8.93 Å². The number of fused-ring (bicyclic) bond motifs is 3. The number of H-pyrrole nitrogens is 1. The van der Waals surface area contributed by atoms with E-state index in [1.54, 1.807) is 6.07 Å². The van der Waals surface area contributed by atoms with Crippen molar-refractivity contribution < 1.29 is 13.9 Å². The lowest BCUT2D eigenvalue weighted by Gasteiger charge is -2.15. The predicted molar refractivity (Wildman–Crippen MR) is 119 cm³/mol. The largest absolute Gasteiger partial charge is 0.507 e. The minimum absolute atomic E-state index is 0.0449. The summed E-state index contributed by atoms with van der Waals surface area (Å²) < 4.78 is 22.9. The molecule has 0 spiro atoms. The lowest BCUT2D eigenvalue weighted by molar-refractivity contribution is 0.477. The van der Waals surface area contributed by atoms with Crippen molar-refractivity contribution >= 4 is 43.6 Å². The van der Waals surface area contributed by atoms with E-state index in [0.29, 0.717) is 16.8 Å². The molecule has 0 aliphatic rings. The van der Waals surface area contributed by atoms with E-state index in [9.17, 15) is 14.1 Å². The number of aryl methyl sites for hydroxylation is 1. The molecular weight excluding hydrogens is 408 g/mol. The van der Waals surface area contributed by atoms with E-state index in [2.05, 4.69) is 9.71 Å². The normalized spacial score (nSPS) is 13.8. The number of rotatable bonds is 5. The van der Waals surface area contributed by atoms with Gasteiger partial charge in [0.2, 0.25) is 11.3 Å². The highest BCUT2D eigenvalue weighted by Crippen LogP contribution is 2.41. The molecule has 0 aliphatic carbocycles. The van der Waals surface area contributed by atoms with Crippen molar-refractivity contribution in [3.63, 3.8) is 0 Å². The summed E-state index contributed by atoms with van der Waals surface area (Å²) in [6.07, 6.45) is 0. The van der Waals surface area contributed by atoms with Crippen LogP contribution in [0, 0.1) is 6.92 Å². The molecule has 0 fully saturated rings. The molecule has 2 aromatic heterocycles. The zero-order chi connectivity index (χ0) is 20.7. The zero-order valence-corrected chi connectivity index (χ0v) is 17.5. The molecule has 0 aliphatic heterocycles. The van der Waals surface area contributed by atoms with Gasteiger partial charge in [0.1, 0.15) is 10.4 Å². The van der Waals surface area contributed by atoms with Gasteiger partial charge >= 0.3 is 0 Å². The number of phenols is 1. The molecule has 2 heterocycles. The van der Waals surface area contributed by atoms with Gasteiger partial charge in [-0.1, -0.05) is 31.2 Å². The molecular formula is C21H20N2O4S2. The molecule has 0 bridgehead atoms. The Hall–Kier alpha value is -2.52. The zero-order valence-electron chi connectivity index (χ0n) is 15.9. The van der Waals surface area contributed by atoms with Crippen LogP contribution in [0.2, 0.25) is 0 Å². The Morgan fingerprint density at radius 3 is 2.66 bits per heavy atom. The van der Waals surface area contributed by atoms with Crippen LogP contribution in [0.3, 0.4) is 0 Å². The van der Waals surface area contributed by atoms with E-state index in [4.69, 9.17) is 4.55 Å². The molecule has 0 amide bonds. The van der Waals surface area contributed by atoms with Crippen molar-refractivity contribution in [2.45, 2.75) is 19.8 Å². The van der Waals surface area contributed by atoms with E-state index in [-0.39, 0.29) is 17.2 Å². The number of aromatic amines is 1. The van der Waals surface area contributed by atoms with Crippen molar-refractivity contribution in [1.29, 1.82) is 0 Å². The lowest BCUT2D eigenvalue weighted by Crippen LogP contribution is -2.21. The Labute approximate surface area is 173 Å². The average molecular weight is 429 g/mol. The summed E-state index contributed by atoms with van der Waals surface area (Å²) >= 11 is -0.657. The SMILES string of the molecule is Cc1cc(O)c(-c2ccc(C(C)CNS(=O)O)cc2)c2c1[nH]c(=O)c1sccc12. The summed E-state index contributed by atoms with van der Waals surface area (Å²) in [6.45, 7) is 4.20. The molecule has 4 aromatic rings. The fraction of sp³-hybridized carbons (Fsp3) is 0.190. The molecule has 2 aromatic carbocycles. The Balaban J connectivity index is 1.87. The van der Waals surface area contributed by atoms with Gasteiger partial charge in [0.15, 0.2) is 0 Å². The molecule has 0 radical (unpaired) electrons. The van der Waals surface area contributed by atoms with Crippen molar-refractivity contribution in [2.75, 3.05) is 6.54 Å². The molecule has 0 saturated heterocycles. The topological polar surface area (TPSA) is 102 Å². The van der Waals surface area contributed by atoms with Crippen LogP contribution < -0.4 is 10.3 Å². The van der Waals surface area contributed by atoms with E-state index >= 15 is 0 Å². The Morgan fingerprint density at radius 2 is 1.97 bits per heavy atom. The standard InChI is InChI=1S/C21H20N2O4S2/c1-11-9-16(24)17(18-15-7-8-28-20(15)21(25)23-19(11)18)14-5-3-13(4-6-14)12(2)10-22-29(26)27/h3-9,12,22,24H,10H2,1-2H3,(H,23,25)(H,26,27). The Bertz CT molecular complexity index is 1290. The highest BCUT2D eigenvalue weighted by atomic mass is 32.2. The van der Waals surface area contributed by atoms with Crippen molar-refractivity contribution in [1.82, 2.24) is 9.71 Å². The first-order valence-electron chi connectivity index (χ1n) is 9.07. The maximum atomic E-state index is 12.4. The van der Waals surface area contributed by atoms with Gasteiger partial charge < -0.3 is 10.1 Å². The molecule has 150 valence electrons. The first kappa shape index (κ1) is 19.8. The maximum absolute atomic E-state index is 12.4. The molecule has 4 N–H and O–H groups in total. The fourth-order valence-corrected chi connectivity index (χ4v) is 4.85. The minimum atomic E-state index is -2.04. The third kappa shape index (κ3) is 3.60. The average Bonchev–Trinajstić information content (AvgIpc) is 3.18. The number of benzene rings is 2. The maximum Gasteiger partial charge on any atom is 0.266 e. The smallest absolute Gasteiger partial charge is 0.266 e. The van der Waals surface area contributed by atoms with Gasteiger partial charge in [0, 0.05) is 22.9 Å². The van der Waals surface area contributed by atoms with Crippen LogP contribution in [0.25, 0.3) is 32.1 Å². The van der Waals surface area contributed by atoms with E-state index in [0.717, 1.165) is 33.0 Å². The summed E-state index contributed by atoms with van der Waals surface area (Å²) in [5, 5.41) is 14.3. The van der Waals surface area contributed by atoms with Crippen LogP contribution in [0.4, 0.5) is 0 Å². The van der Waals surface area contributed by atoms with Crippen LogP contribution >= 0.6 is 11.3 Å². The molecule has 6 nitrogen and oxygen atoms in total. The lowest BCUT2D eigenvalue weighted by atomic mass is 9.93. The minimum Gasteiger partial charge on any atom is -0.507 e. The summed E-state index contributed by atoms with van der Waals surface area (Å²) in [6, 6.07) is 11.3. The third-order valence-electron chi connectivity index (χ3n) is 5.16. The summed E-state index contributed by atoms with van der Waals surface area (Å²) in [5.41, 5.74) is 3.93. The number of hydrogen-bond acceptors (Lipinski definition) is 4. The fourth-order valence-electron chi connectivity index (χ4n) is 3.67. The molecule has 4 rings (SSSR count). The number of aromatic nitrogens is 1. The molecule has 2 unspecified atom stereocenters. The predicted octanol–water partition coefficient (Wildman–Crippen LogP) is 4.25. The molecule has 8 heteroatoms. The monoisotopic (exact) mass is 428 g/mol. The second kappa shape index (κ2) is 7.72. The van der Waals surface area contributed by atoms with Crippen LogP contribution in [0.1, 0.15) is 24.0 Å². The molecule has 29 heavy (non-hydrogen) atoms. The highest BCUT2D eigenvalue weighted by Gasteiger charge is 2.17. The summed E-state index contributed by atoms with van der Waals surface area (Å²) in [5.74, 6) is 0.205. The van der Waals surface area contributed by atoms with Gasteiger partial charge in [0.25, 0.3) is 5.56 Å². The van der Waals surface area contributed by atoms with Gasteiger partial charge in [-0.05, 0) is 47.0 Å². The van der Waals surface area contributed by atoms with Crippen LogP contribution in [0.5, 0.6) is 5.75 Å². The molecule has 0 saturated carbocycles. The second-order valence-electron chi connectivity index (χ2n) is 7.08. The number of thiophene rings is 1. The number of aromatic hydroxyl groups is 1. The van der Waals surface area contributed by atoms with Crippen LogP contribution in [0.15, 0.2) is 46.6 Å². The van der Waals surface area contributed by atoms with Gasteiger partial charge in [-0.2, -0.15) is 0 Å². The summed E-state index contributed by atoms with van der Waals surface area (Å²) in [4.78, 5) is 15.4. The Morgan fingerprint density at radius 1 is 1.24 bits per heavy atom. The van der Waals surface area contributed by atoms with E-state index in [1.807, 2.05) is 49.6 Å². The van der Waals surface area contributed by atoms with Gasteiger partial charge in [-0.3, -0.25) is 9.35 Å². The first-order valence-corrected chi connectivity index (χ1v) is 11.1. The number of hydrogen-bond donors (Lipinski definition) is 4. The molecule has 2 atom stereocenters. The van der Waals surface area contributed by atoms with Gasteiger partial charge in [-0.15, -0.1) is 11.3 Å².